The van der Waals surface area contributed by atoms with Crippen molar-refractivity contribution >= 4 is 22.2 Å². The number of thiophene rings is 1. The molecule has 0 aromatic carbocycles. The van der Waals surface area contributed by atoms with E-state index in [-0.39, 0.29) is 5.91 Å². The first-order chi connectivity index (χ1) is 10.1. The Morgan fingerprint density at radius 3 is 3.10 bits per heavy atom. The van der Waals surface area contributed by atoms with Crippen molar-refractivity contribution in [2.45, 2.75) is 26.2 Å². The Labute approximate surface area is 127 Å². The average molecular weight is 300 g/mol. The Bertz CT molecular complexity index is 737. The van der Waals surface area contributed by atoms with E-state index in [4.69, 9.17) is 0 Å². The lowest BCUT2D eigenvalue weighted by Crippen LogP contribution is -2.13. The number of amides is 1. The Morgan fingerprint density at radius 2 is 2.43 bits per heavy atom. The molecule has 1 amide bonds. The van der Waals surface area contributed by atoms with E-state index < -0.39 is 0 Å². The third-order valence-corrected chi connectivity index (χ3v) is 4.97. The number of hydrogen-bond donors (Lipinski definition) is 1. The van der Waals surface area contributed by atoms with Gasteiger partial charge < -0.3 is 5.32 Å². The van der Waals surface area contributed by atoms with Gasteiger partial charge in [-0.2, -0.15) is 10.4 Å². The van der Waals surface area contributed by atoms with Crippen LogP contribution < -0.4 is 5.32 Å². The lowest BCUT2D eigenvalue weighted by atomic mass is 9.89. The molecule has 6 heteroatoms. The Hall–Kier alpha value is -2.13. The molecule has 0 unspecified atom stereocenters. The first kappa shape index (κ1) is 13.8. The molecule has 0 saturated carbocycles. The summed E-state index contributed by atoms with van der Waals surface area (Å²) in [4.78, 5) is 13.4. The van der Waals surface area contributed by atoms with Gasteiger partial charge in [0.25, 0.3) is 5.91 Å². The van der Waals surface area contributed by atoms with Gasteiger partial charge >= 0.3 is 0 Å². The van der Waals surface area contributed by atoms with E-state index >= 15 is 0 Å². The number of carbonyl (C=O) groups excluding carboxylic acids is 1. The molecule has 2 heterocycles. The number of rotatable bonds is 2. The van der Waals surface area contributed by atoms with E-state index in [0.29, 0.717) is 22.2 Å². The van der Waals surface area contributed by atoms with E-state index in [0.717, 1.165) is 24.8 Å². The summed E-state index contributed by atoms with van der Waals surface area (Å²) in [6.07, 6.45) is 4.75. The van der Waals surface area contributed by atoms with Gasteiger partial charge in [0.2, 0.25) is 0 Å². The second-order valence-electron chi connectivity index (χ2n) is 5.50. The van der Waals surface area contributed by atoms with Crippen molar-refractivity contribution in [2.75, 3.05) is 5.32 Å². The van der Waals surface area contributed by atoms with Gasteiger partial charge in [-0.1, -0.05) is 6.92 Å². The summed E-state index contributed by atoms with van der Waals surface area (Å²) < 4.78 is 1.58. The molecule has 0 saturated heterocycles. The van der Waals surface area contributed by atoms with Crippen LogP contribution in [0.15, 0.2) is 12.3 Å². The molecule has 0 bridgehead atoms. The fraction of sp³-hybridized carbons (Fsp3) is 0.400. The van der Waals surface area contributed by atoms with Crippen molar-refractivity contribution in [3.05, 3.63) is 34.0 Å². The fourth-order valence-corrected chi connectivity index (χ4v) is 4.02. The molecule has 3 rings (SSSR count). The molecule has 0 fully saturated rings. The SMILES string of the molecule is C[C@@H]1CCc2c(sc(NC(=O)c3ccn(C)n3)c2C#N)C1. The third kappa shape index (κ3) is 2.57. The normalized spacial score (nSPS) is 17.1. The number of hydrogen-bond acceptors (Lipinski definition) is 4. The zero-order valence-corrected chi connectivity index (χ0v) is 12.8. The zero-order valence-electron chi connectivity index (χ0n) is 12.0. The van der Waals surface area contributed by atoms with Crippen molar-refractivity contribution in [2.24, 2.45) is 13.0 Å². The largest absolute Gasteiger partial charge is 0.311 e. The second kappa shape index (κ2) is 5.34. The molecule has 1 aliphatic carbocycles. The molecule has 0 aliphatic heterocycles. The molecule has 1 aliphatic rings. The van der Waals surface area contributed by atoms with Crippen molar-refractivity contribution in [1.29, 1.82) is 5.26 Å². The van der Waals surface area contributed by atoms with Crippen LogP contribution in [0.25, 0.3) is 0 Å². The van der Waals surface area contributed by atoms with Crippen LogP contribution in [0.4, 0.5) is 5.00 Å². The predicted molar refractivity (Wildman–Crippen MR) is 81.4 cm³/mol. The predicted octanol–water partition coefficient (Wildman–Crippen LogP) is 2.73. The van der Waals surface area contributed by atoms with E-state index in [1.807, 2.05) is 0 Å². The highest BCUT2D eigenvalue weighted by Gasteiger charge is 2.25. The van der Waals surface area contributed by atoms with Crippen LogP contribution in [0.3, 0.4) is 0 Å². The first-order valence-electron chi connectivity index (χ1n) is 6.94. The van der Waals surface area contributed by atoms with Crippen LogP contribution in [0.5, 0.6) is 0 Å². The highest BCUT2D eigenvalue weighted by Crippen LogP contribution is 2.39. The van der Waals surface area contributed by atoms with E-state index in [9.17, 15) is 10.1 Å². The smallest absolute Gasteiger partial charge is 0.276 e. The Balaban J connectivity index is 1.89. The van der Waals surface area contributed by atoms with Crippen molar-refractivity contribution in [3.63, 3.8) is 0 Å². The van der Waals surface area contributed by atoms with Gasteiger partial charge in [0, 0.05) is 18.1 Å². The van der Waals surface area contributed by atoms with Crippen LogP contribution >= 0.6 is 11.3 Å². The average Bonchev–Trinajstić information content (AvgIpc) is 3.01. The highest BCUT2D eigenvalue weighted by molar-refractivity contribution is 7.16. The molecule has 21 heavy (non-hydrogen) atoms. The molecule has 1 atom stereocenters. The summed E-state index contributed by atoms with van der Waals surface area (Å²) in [7, 11) is 1.77. The van der Waals surface area contributed by atoms with Gasteiger partial charge in [-0.3, -0.25) is 9.48 Å². The number of fused-ring (bicyclic) bond motifs is 1. The number of nitrogens with one attached hydrogen (secondary N) is 1. The van der Waals surface area contributed by atoms with Gasteiger partial charge in [0.15, 0.2) is 5.69 Å². The summed E-state index contributed by atoms with van der Waals surface area (Å²) in [5.74, 6) is 0.376. The first-order valence-corrected chi connectivity index (χ1v) is 7.75. The molecule has 2 aromatic heterocycles. The second-order valence-corrected chi connectivity index (χ2v) is 6.60. The maximum Gasteiger partial charge on any atom is 0.276 e. The molecule has 2 aromatic rings. The number of aryl methyl sites for hydroxylation is 1. The van der Waals surface area contributed by atoms with Crippen LogP contribution in [0.1, 0.15) is 39.8 Å². The summed E-state index contributed by atoms with van der Waals surface area (Å²) in [6.45, 7) is 2.22. The van der Waals surface area contributed by atoms with Gasteiger partial charge in [-0.25, -0.2) is 0 Å². The Kier molecular flexibility index (Phi) is 3.52. The minimum Gasteiger partial charge on any atom is -0.311 e. The minimum atomic E-state index is -0.265. The molecule has 1 N–H and O–H groups in total. The zero-order chi connectivity index (χ0) is 15.0. The number of anilines is 1. The van der Waals surface area contributed by atoms with Crippen molar-refractivity contribution < 1.29 is 4.79 Å². The van der Waals surface area contributed by atoms with Crippen LogP contribution in [0.2, 0.25) is 0 Å². The maximum atomic E-state index is 12.2. The summed E-state index contributed by atoms with van der Waals surface area (Å²) in [5, 5.41) is 17.0. The van der Waals surface area contributed by atoms with Crippen LogP contribution in [0, 0.1) is 17.2 Å². The monoisotopic (exact) mass is 300 g/mol. The molecular weight excluding hydrogens is 284 g/mol. The van der Waals surface area contributed by atoms with Crippen LogP contribution in [-0.2, 0) is 19.9 Å². The molecule has 108 valence electrons. The minimum absolute atomic E-state index is 0.265. The highest BCUT2D eigenvalue weighted by atomic mass is 32.1. The molecule has 0 radical (unpaired) electrons. The molecule has 0 spiro atoms. The molecule has 5 nitrogen and oxygen atoms in total. The van der Waals surface area contributed by atoms with Crippen LogP contribution in [-0.4, -0.2) is 15.7 Å². The van der Waals surface area contributed by atoms with Crippen molar-refractivity contribution in [1.82, 2.24) is 9.78 Å². The van der Waals surface area contributed by atoms with Gasteiger partial charge in [0.05, 0.1) is 5.56 Å². The number of aromatic nitrogens is 2. The summed E-state index contributed by atoms with van der Waals surface area (Å²) in [5.41, 5.74) is 2.12. The molecular formula is C15H16N4OS. The Morgan fingerprint density at radius 1 is 1.62 bits per heavy atom. The lowest BCUT2D eigenvalue weighted by molar-refractivity contribution is 0.102. The number of nitriles is 1. The van der Waals surface area contributed by atoms with E-state index in [1.165, 1.54) is 16.2 Å². The third-order valence-electron chi connectivity index (χ3n) is 3.80. The lowest BCUT2D eigenvalue weighted by Gasteiger charge is -2.17. The van der Waals surface area contributed by atoms with E-state index in [1.54, 1.807) is 24.0 Å². The van der Waals surface area contributed by atoms with Gasteiger partial charge in [0.1, 0.15) is 11.1 Å². The van der Waals surface area contributed by atoms with Gasteiger partial charge in [-0.05, 0) is 36.8 Å². The standard InChI is InChI=1S/C15H16N4OS/c1-9-3-4-10-11(8-16)15(21-13(10)7-9)17-14(20)12-5-6-19(2)18-12/h5-6,9H,3-4,7H2,1-2H3,(H,17,20)/t9-/m1/s1. The quantitative estimate of drug-likeness (QED) is 0.927. The van der Waals surface area contributed by atoms with Gasteiger partial charge in [-0.15, -0.1) is 11.3 Å². The summed E-state index contributed by atoms with van der Waals surface area (Å²) in [6, 6.07) is 3.91. The summed E-state index contributed by atoms with van der Waals surface area (Å²) >= 11 is 1.53. The maximum absolute atomic E-state index is 12.2. The number of carbonyl (C=O) groups is 1. The topological polar surface area (TPSA) is 70.7 Å². The fourth-order valence-electron chi connectivity index (χ4n) is 2.66. The number of nitrogens with zero attached hydrogens (tertiary/aromatic N) is 3. The van der Waals surface area contributed by atoms with E-state index in [2.05, 4.69) is 23.4 Å². The van der Waals surface area contributed by atoms with Crippen molar-refractivity contribution in [3.8, 4) is 6.07 Å².